The predicted molar refractivity (Wildman–Crippen MR) is 59.9 cm³/mol. The van der Waals surface area contributed by atoms with Crippen molar-refractivity contribution in [1.29, 1.82) is 0 Å². The first-order chi connectivity index (χ1) is 7.93. The Hall–Kier alpha value is -1.14. The number of nitrogens with one attached hydrogen (secondary N) is 1. The Morgan fingerprint density at radius 3 is 2.88 bits per heavy atom. The number of aromatic nitrogens is 2. The van der Waals surface area contributed by atoms with Crippen LogP contribution in [0.15, 0.2) is 9.59 Å². The topological polar surface area (TPSA) is 64.1 Å². The van der Waals surface area contributed by atoms with Crippen LogP contribution in [0.1, 0.15) is 19.8 Å². The third-order valence-electron chi connectivity index (χ3n) is 2.88. The van der Waals surface area contributed by atoms with Crippen molar-refractivity contribution in [2.75, 3.05) is 6.61 Å². The molecule has 17 heavy (non-hydrogen) atoms. The molecular formula is C10H12ClFN2O3. The molecule has 0 aromatic carbocycles. The minimum atomic E-state index is -1.15. The van der Waals surface area contributed by atoms with Crippen LogP contribution in [0.5, 0.6) is 0 Å². The number of halogens is 2. The SMILES string of the molecule is CC1(Cn2c(=O)[nH]c(Cl)c(F)c2=O)CCCO1. The van der Waals surface area contributed by atoms with Gasteiger partial charge in [0.15, 0.2) is 5.15 Å². The van der Waals surface area contributed by atoms with Gasteiger partial charge in [-0.05, 0) is 19.8 Å². The van der Waals surface area contributed by atoms with Crippen molar-refractivity contribution in [2.24, 2.45) is 0 Å². The third kappa shape index (κ3) is 2.28. The number of hydrogen-bond acceptors (Lipinski definition) is 3. The zero-order valence-corrected chi connectivity index (χ0v) is 10.0. The molecule has 1 aliphatic rings. The molecule has 1 N–H and O–H groups in total. The summed E-state index contributed by atoms with van der Waals surface area (Å²) in [4.78, 5) is 25.2. The minimum absolute atomic E-state index is 0.0231. The fourth-order valence-electron chi connectivity index (χ4n) is 1.96. The zero-order chi connectivity index (χ0) is 12.6. The van der Waals surface area contributed by atoms with Crippen LogP contribution in [-0.2, 0) is 11.3 Å². The normalized spacial score (nSPS) is 24.2. The van der Waals surface area contributed by atoms with E-state index in [0.717, 1.165) is 17.4 Å². The summed E-state index contributed by atoms with van der Waals surface area (Å²) in [6.07, 6.45) is 1.59. The van der Waals surface area contributed by atoms with Crippen molar-refractivity contribution >= 4 is 11.6 Å². The van der Waals surface area contributed by atoms with E-state index in [9.17, 15) is 14.0 Å². The van der Waals surface area contributed by atoms with Gasteiger partial charge in [-0.3, -0.25) is 14.3 Å². The summed E-state index contributed by atoms with van der Waals surface area (Å²) >= 11 is 5.37. The summed E-state index contributed by atoms with van der Waals surface area (Å²) in [7, 11) is 0. The minimum Gasteiger partial charge on any atom is -0.373 e. The van der Waals surface area contributed by atoms with Crippen molar-refractivity contribution < 1.29 is 9.13 Å². The molecule has 2 rings (SSSR count). The van der Waals surface area contributed by atoms with Gasteiger partial charge in [0.25, 0.3) is 5.56 Å². The molecule has 1 aromatic heterocycles. The first-order valence-electron chi connectivity index (χ1n) is 5.25. The molecule has 7 heteroatoms. The van der Waals surface area contributed by atoms with Gasteiger partial charge in [0, 0.05) is 6.61 Å². The molecule has 94 valence electrons. The smallest absolute Gasteiger partial charge is 0.329 e. The van der Waals surface area contributed by atoms with Crippen molar-refractivity contribution in [3.8, 4) is 0 Å². The van der Waals surface area contributed by atoms with Gasteiger partial charge in [0.2, 0.25) is 5.82 Å². The van der Waals surface area contributed by atoms with E-state index >= 15 is 0 Å². The van der Waals surface area contributed by atoms with Crippen LogP contribution in [0.25, 0.3) is 0 Å². The summed E-state index contributed by atoms with van der Waals surface area (Å²) in [5.41, 5.74) is -2.34. The number of ether oxygens (including phenoxy) is 1. The molecule has 0 saturated carbocycles. The van der Waals surface area contributed by atoms with E-state index in [1.807, 2.05) is 0 Å². The number of H-pyrrole nitrogens is 1. The molecule has 1 atom stereocenters. The highest BCUT2D eigenvalue weighted by Crippen LogP contribution is 2.25. The largest absolute Gasteiger partial charge is 0.373 e. The van der Waals surface area contributed by atoms with Gasteiger partial charge in [-0.25, -0.2) is 4.79 Å². The molecular weight excluding hydrogens is 251 g/mol. The average Bonchev–Trinajstić information content (AvgIpc) is 2.69. The van der Waals surface area contributed by atoms with Gasteiger partial charge < -0.3 is 4.74 Å². The molecule has 0 radical (unpaired) electrons. The van der Waals surface area contributed by atoms with Gasteiger partial charge in [0.05, 0.1) is 12.1 Å². The molecule has 5 nitrogen and oxygen atoms in total. The van der Waals surface area contributed by atoms with Crippen LogP contribution in [0, 0.1) is 5.82 Å². The first-order valence-corrected chi connectivity index (χ1v) is 5.63. The number of rotatable bonds is 2. The Kier molecular flexibility index (Phi) is 3.09. The summed E-state index contributed by atoms with van der Waals surface area (Å²) < 4.78 is 19.5. The van der Waals surface area contributed by atoms with Gasteiger partial charge in [-0.2, -0.15) is 4.39 Å². The molecule has 1 fully saturated rings. The lowest BCUT2D eigenvalue weighted by Crippen LogP contribution is -2.44. The Balaban J connectivity index is 2.43. The van der Waals surface area contributed by atoms with E-state index in [4.69, 9.17) is 16.3 Å². The fourth-order valence-corrected chi connectivity index (χ4v) is 2.12. The van der Waals surface area contributed by atoms with Crippen LogP contribution in [0.4, 0.5) is 4.39 Å². The lowest BCUT2D eigenvalue weighted by Gasteiger charge is -2.23. The second kappa shape index (κ2) is 4.27. The summed E-state index contributed by atoms with van der Waals surface area (Å²) in [6.45, 7) is 2.40. The van der Waals surface area contributed by atoms with Crippen LogP contribution in [0.3, 0.4) is 0 Å². The van der Waals surface area contributed by atoms with E-state index < -0.39 is 27.8 Å². The molecule has 1 saturated heterocycles. The molecule has 1 unspecified atom stereocenters. The van der Waals surface area contributed by atoms with Crippen LogP contribution >= 0.6 is 11.6 Å². The van der Waals surface area contributed by atoms with Crippen LogP contribution < -0.4 is 11.2 Å². The van der Waals surface area contributed by atoms with Crippen LogP contribution in [0.2, 0.25) is 5.15 Å². The Bertz CT molecular complexity index is 545. The van der Waals surface area contributed by atoms with Crippen molar-refractivity contribution in [1.82, 2.24) is 9.55 Å². The standard InChI is InChI=1S/C10H12ClFN2O3/c1-10(3-2-4-17-10)5-14-8(15)6(12)7(11)13-9(14)16/h2-5H2,1H3,(H,13,16). The number of hydrogen-bond donors (Lipinski definition) is 1. The highest BCUT2D eigenvalue weighted by molar-refractivity contribution is 6.29. The number of aromatic amines is 1. The van der Waals surface area contributed by atoms with E-state index in [2.05, 4.69) is 4.98 Å². The van der Waals surface area contributed by atoms with E-state index in [0.29, 0.717) is 6.61 Å². The predicted octanol–water partition coefficient (Wildman–Crippen LogP) is 0.898. The molecule has 2 heterocycles. The van der Waals surface area contributed by atoms with Gasteiger partial charge in [-0.1, -0.05) is 11.6 Å². The van der Waals surface area contributed by atoms with Crippen molar-refractivity contribution in [3.05, 3.63) is 31.8 Å². The summed E-state index contributed by atoms with van der Waals surface area (Å²) in [5, 5.41) is -0.561. The van der Waals surface area contributed by atoms with E-state index in [-0.39, 0.29) is 6.54 Å². The quantitative estimate of drug-likeness (QED) is 0.806. The lowest BCUT2D eigenvalue weighted by atomic mass is 10.0. The molecule has 0 amide bonds. The van der Waals surface area contributed by atoms with Gasteiger partial charge >= 0.3 is 5.69 Å². The molecule has 0 spiro atoms. The molecule has 1 aliphatic heterocycles. The Labute approximate surface area is 101 Å². The molecule has 0 aliphatic carbocycles. The summed E-state index contributed by atoms with van der Waals surface area (Å²) in [6, 6.07) is 0. The number of nitrogens with zero attached hydrogens (tertiary/aromatic N) is 1. The maximum atomic E-state index is 13.3. The summed E-state index contributed by atoms with van der Waals surface area (Å²) in [5.74, 6) is -1.15. The van der Waals surface area contributed by atoms with Crippen molar-refractivity contribution in [3.63, 3.8) is 0 Å². The highest BCUT2D eigenvalue weighted by atomic mass is 35.5. The van der Waals surface area contributed by atoms with E-state index in [1.165, 1.54) is 0 Å². The highest BCUT2D eigenvalue weighted by Gasteiger charge is 2.31. The maximum Gasteiger partial charge on any atom is 0.329 e. The monoisotopic (exact) mass is 262 g/mol. The Morgan fingerprint density at radius 2 is 2.29 bits per heavy atom. The van der Waals surface area contributed by atoms with Crippen LogP contribution in [-0.4, -0.2) is 21.8 Å². The molecule has 0 bridgehead atoms. The maximum absolute atomic E-state index is 13.3. The van der Waals surface area contributed by atoms with Crippen molar-refractivity contribution in [2.45, 2.75) is 31.9 Å². The Morgan fingerprint density at radius 1 is 1.59 bits per heavy atom. The third-order valence-corrected chi connectivity index (χ3v) is 3.14. The van der Waals surface area contributed by atoms with Gasteiger partial charge in [0.1, 0.15) is 0 Å². The zero-order valence-electron chi connectivity index (χ0n) is 9.26. The van der Waals surface area contributed by atoms with E-state index in [1.54, 1.807) is 6.92 Å². The fraction of sp³-hybridized carbons (Fsp3) is 0.600. The van der Waals surface area contributed by atoms with Gasteiger partial charge in [-0.15, -0.1) is 0 Å². The first kappa shape index (κ1) is 12.3. The average molecular weight is 263 g/mol. The molecule has 1 aromatic rings. The second-order valence-corrected chi connectivity index (χ2v) is 4.73. The lowest BCUT2D eigenvalue weighted by molar-refractivity contribution is 0.00425. The second-order valence-electron chi connectivity index (χ2n) is 4.35.